The van der Waals surface area contributed by atoms with Gasteiger partial charge in [0.2, 0.25) is 0 Å². The van der Waals surface area contributed by atoms with Crippen LogP contribution in [0.4, 0.5) is 0 Å². The molecule has 2 aromatic rings. The number of nitrogens with zero attached hydrogens (tertiary/aromatic N) is 1. The molecule has 0 bridgehead atoms. The quantitative estimate of drug-likeness (QED) is 0.759. The molecular weight excluding hydrogens is 346 g/mol. The van der Waals surface area contributed by atoms with E-state index in [2.05, 4.69) is 15.5 Å². The molecule has 0 aromatic carbocycles. The van der Waals surface area contributed by atoms with Gasteiger partial charge in [0.25, 0.3) is 5.91 Å². The average Bonchev–Trinajstić information content (AvgIpc) is 2.97. The summed E-state index contributed by atoms with van der Waals surface area (Å²) in [6.45, 7) is 7.57. The van der Waals surface area contributed by atoms with E-state index in [4.69, 9.17) is 9.15 Å². The first-order chi connectivity index (χ1) is 13.0. The van der Waals surface area contributed by atoms with E-state index in [1.54, 1.807) is 6.92 Å². The Morgan fingerprint density at radius 2 is 2.04 bits per heavy atom. The molecule has 0 atom stereocenters. The van der Waals surface area contributed by atoms with E-state index in [1.807, 2.05) is 19.9 Å². The highest BCUT2D eigenvalue weighted by molar-refractivity contribution is 5.95. The van der Waals surface area contributed by atoms with Crippen molar-refractivity contribution in [2.45, 2.75) is 52.4 Å². The minimum Gasteiger partial charge on any atom is -0.427 e. The number of amides is 1. The zero-order valence-electron chi connectivity index (χ0n) is 16.2. The number of aryl methyl sites for hydroxylation is 3. The number of carbonyl (C=O) groups is 1. The second kappa shape index (κ2) is 8.52. The van der Waals surface area contributed by atoms with Crippen molar-refractivity contribution in [1.82, 2.24) is 15.5 Å². The lowest BCUT2D eigenvalue weighted by atomic mass is 9.95. The number of ether oxygens (including phenoxy) is 1. The highest BCUT2D eigenvalue weighted by Crippen LogP contribution is 2.27. The van der Waals surface area contributed by atoms with E-state index in [9.17, 15) is 9.59 Å². The van der Waals surface area contributed by atoms with Crippen molar-refractivity contribution in [1.29, 1.82) is 0 Å². The molecule has 0 radical (unpaired) electrons. The van der Waals surface area contributed by atoms with Crippen LogP contribution < -0.4 is 10.9 Å². The molecule has 7 nitrogen and oxygen atoms in total. The van der Waals surface area contributed by atoms with E-state index < -0.39 is 5.63 Å². The number of hydrogen-bond donors (Lipinski definition) is 2. The number of carbonyl (C=O) groups excluding carboxylic acids is 1. The number of hydrogen-bond acceptors (Lipinski definition) is 5. The predicted molar refractivity (Wildman–Crippen MR) is 101 cm³/mol. The molecule has 3 heterocycles. The second-order valence-electron chi connectivity index (χ2n) is 7.15. The third-order valence-corrected chi connectivity index (χ3v) is 5.19. The van der Waals surface area contributed by atoms with Gasteiger partial charge in [-0.15, -0.1) is 0 Å². The number of aromatic amines is 1. The van der Waals surface area contributed by atoms with Crippen LogP contribution in [0.1, 0.15) is 63.8 Å². The molecule has 2 N–H and O–H groups in total. The molecule has 1 amide bonds. The summed E-state index contributed by atoms with van der Waals surface area (Å²) in [4.78, 5) is 24.8. The maximum atomic E-state index is 12.5. The van der Waals surface area contributed by atoms with Crippen LogP contribution in [0.3, 0.4) is 0 Å². The zero-order chi connectivity index (χ0) is 19.4. The fourth-order valence-corrected chi connectivity index (χ4v) is 3.59. The van der Waals surface area contributed by atoms with E-state index >= 15 is 0 Å². The van der Waals surface area contributed by atoms with Gasteiger partial charge < -0.3 is 14.5 Å². The van der Waals surface area contributed by atoms with E-state index in [0.717, 1.165) is 37.1 Å². The van der Waals surface area contributed by atoms with Gasteiger partial charge >= 0.3 is 5.63 Å². The first kappa shape index (κ1) is 19.4. The maximum Gasteiger partial charge on any atom is 0.349 e. The van der Waals surface area contributed by atoms with Crippen LogP contribution >= 0.6 is 0 Å². The molecule has 27 heavy (non-hydrogen) atoms. The Morgan fingerprint density at radius 1 is 1.30 bits per heavy atom. The summed E-state index contributed by atoms with van der Waals surface area (Å²) in [5.41, 5.74) is 3.42. The minimum absolute atomic E-state index is 0.0986. The van der Waals surface area contributed by atoms with Crippen molar-refractivity contribution in [2.24, 2.45) is 0 Å². The molecule has 2 aromatic heterocycles. The fourth-order valence-electron chi connectivity index (χ4n) is 3.59. The zero-order valence-corrected chi connectivity index (χ0v) is 16.2. The first-order valence-corrected chi connectivity index (χ1v) is 9.48. The standard InChI is InChI=1S/C20H27N3O4/c1-12-11-17(15-6-9-26-10-7-15)27-20(25)18(12)19(24)21-8-4-5-16-13(2)22-23-14(16)3/h11,15H,4-10H2,1-3H3,(H,21,24)(H,22,23). The normalized spacial score (nSPS) is 15.1. The number of rotatable bonds is 6. The third-order valence-electron chi connectivity index (χ3n) is 5.19. The highest BCUT2D eigenvalue weighted by Gasteiger charge is 2.22. The van der Waals surface area contributed by atoms with Crippen molar-refractivity contribution >= 4 is 5.91 Å². The summed E-state index contributed by atoms with van der Waals surface area (Å²) in [5, 5.41) is 9.97. The summed E-state index contributed by atoms with van der Waals surface area (Å²) < 4.78 is 10.8. The lowest BCUT2D eigenvalue weighted by molar-refractivity contribution is 0.0795. The van der Waals surface area contributed by atoms with Gasteiger partial charge in [-0.3, -0.25) is 9.89 Å². The van der Waals surface area contributed by atoms with Crippen molar-refractivity contribution in [3.05, 3.63) is 50.3 Å². The molecule has 1 aliphatic rings. The van der Waals surface area contributed by atoms with Gasteiger partial charge in [0, 0.05) is 31.4 Å². The van der Waals surface area contributed by atoms with Crippen molar-refractivity contribution in [2.75, 3.05) is 19.8 Å². The lowest BCUT2D eigenvalue weighted by Crippen LogP contribution is -2.31. The Morgan fingerprint density at radius 3 is 2.67 bits per heavy atom. The average molecular weight is 373 g/mol. The van der Waals surface area contributed by atoms with Crippen molar-refractivity contribution < 1.29 is 13.9 Å². The number of aromatic nitrogens is 2. The Balaban J connectivity index is 1.60. The molecule has 0 unspecified atom stereocenters. The molecule has 1 fully saturated rings. The molecule has 1 aliphatic heterocycles. The molecule has 146 valence electrons. The summed E-state index contributed by atoms with van der Waals surface area (Å²) in [5.74, 6) is 0.465. The highest BCUT2D eigenvalue weighted by atomic mass is 16.5. The number of H-pyrrole nitrogens is 1. The predicted octanol–water partition coefficient (Wildman–Crippen LogP) is 2.54. The Bertz CT molecular complexity index is 843. The van der Waals surface area contributed by atoms with Gasteiger partial charge in [-0.25, -0.2) is 4.79 Å². The minimum atomic E-state index is -0.560. The van der Waals surface area contributed by atoms with Gasteiger partial charge in [-0.2, -0.15) is 5.10 Å². The Hall–Kier alpha value is -2.41. The largest absolute Gasteiger partial charge is 0.427 e. The third kappa shape index (κ3) is 4.47. The van der Waals surface area contributed by atoms with Crippen LogP contribution in [-0.2, 0) is 11.2 Å². The van der Waals surface area contributed by atoms with Gasteiger partial charge in [0.15, 0.2) is 0 Å². The maximum absolute atomic E-state index is 12.5. The topological polar surface area (TPSA) is 97.2 Å². The van der Waals surface area contributed by atoms with Crippen LogP contribution in [-0.4, -0.2) is 35.9 Å². The van der Waals surface area contributed by atoms with Crippen LogP contribution in [0.25, 0.3) is 0 Å². The lowest BCUT2D eigenvalue weighted by Gasteiger charge is -2.21. The molecule has 7 heteroatoms. The smallest absolute Gasteiger partial charge is 0.349 e. The van der Waals surface area contributed by atoms with Gasteiger partial charge in [-0.05, 0) is 63.6 Å². The first-order valence-electron chi connectivity index (χ1n) is 9.48. The molecule has 0 aliphatic carbocycles. The van der Waals surface area contributed by atoms with E-state index in [1.165, 1.54) is 5.56 Å². The summed E-state index contributed by atoms with van der Waals surface area (Å²) >= 11 is 0. The monoisotopic (exact) mass is 373 g/mol. The van der Waals surface area contributed by atoms with Crippen LogP contribution in [0.15, 0.2) is 15.3 Å². The molecule has 1 saturated heterocycles. The van der Waals surface area contributed by atoms with E-state index in [-0.39, 0.29) is 17.4 Å². The van der Waals surface area contributed by atoms with E-state index in [0.29, 0.717) is 31.1 Å². The van der Waals surface area contributed by atoms with Crippen molar-refractivity contribution in [3.63, 3.8) is 0 Å². The fraction of sp³-hybridized carbons (Fsp3) is 0.550. The van der Waals surface area contributed by atoms with Crippen LogP contribution in [0.5, 0.6) is 0 Å². The molecule has 0 saturated carbocycles. The summed E-state index contributed by atoms with van der Waals surface area (Å²) in [7, 11) is 0. The SMILES string of the molecule is Cc1cc(C2CCOCC2)oc(=O)c1C(=O)NCCCc1c(C)n[nH]c1C. The van der Waals surface area contributed by atoms with Crippen LogP contribution in [0.2, 0.25) is 0 Å². The summed E-state index contributed by atoms with van der Waals surface area (Å²) in [6, 6.07) is 1.82. The number of nitrogens with one attached hydrogen (secondary N) is 2. The van der Waals surface area contributed by atoms with Crippen molar-refractivity contribution in [3.8, 4) is 0 Å². The van der Waals surface area contributed by atoms with Crippen LogP contribution in [0, 0.1) is 20.8 Å². The molecule has 0 spiro atoms. The molecular formula is C20H27N3O4. The Kier molecular flexibility index (Phi) is 6.11. The summed E-state index contributed by atoms with van der Waals surface area (Å²) in [6.07, 6.45) is 3.27. The van der Waals surface area contributed by atoms with Gasteiger partial charge in [0.1, 0.15) is 11.3 Å². The van der Waals surface area contributed by atoms with Gasteiger partial charge in [-0.1, -0.05) is 0 Å². The molecule has 3 rings (SSSR count). The van der Waals surface area contributed by atoms with Gasteiger partial charge in [0.05, 0.1) is 5.69 Å². The Labute approximate surface area is 158 Å². The second-order valence-corrected chi connectivity index (χ2v) is 7.15.